The molecular weight excluding hydrogens is 234 g/mol. The monoisotopic (exact) mass is 251 g/mol. The molecule has 0 unspecified atom stereocenters. The Bertz CT molecular complexity index is 395. The third kappa shape index (κ3) is 4.06. The van der Waals surface area contributed by atoms with Crippen molar-refractivity contribution in [2.24, 2.45) is 5.73 Å². The highest BCUT2D eigenvalue weighted by Gasteiger charge is 2.21. The van der Waals surface area contributed by atoms with Crippen LogP contribution in [0.3, 0.4) is 0 Å². The predicted octanol–water partition coefficient (Wildman–Crippen LogP) is 1.64. The lowest BCUT2D eigenvalue weighted by molar-refractivity contribution is 0.118. The first-order chi connectivity index (χ1) is 8.69. The average Bonchev–Trinajstić information content (AvgIpc) is 2.37. The Balaban J connectivity index is 2.68. The fraction of sp³-hybridized carbons (Fsp3) is 0.333. The van der Waals surface area contributed by atoms with Gasteiger partial charge in [0, 0.05) is 18.8 Å². The molecule has 1 rings (SSSR count). The number of carbonyl (C=O) groups excluding carboxylic acids is 2. The van der Waals surface area contributed by atoms with E-state index in [9.17, 15) is 9.59 Å². The summed E-state index contributed by atoms with van der Waals surface area (Å²) >= 11 is 0. The van der Waals surface area contributed by atoms with Crippen molar-refractivity contribution in [3.05, 3.63) is 30.3 Å². The van der Waals surface area contributed by atoms with E-state index in [-0.39, 0.29) is 19.7 Å². The molecule has 0 bridgehead atoms. The summed E-state index contributed by atoms with van der Waals surface area (Å²) in [5.74, 6) is 0. The van der Waals surface area contributed by atoms with Crippen molar-refractivity contribution in [2.45, 2.75) is 6.92 Å². The Labute approximate surface area is 106 Å². The largest absolute Gasteiger partial charge is 0.449 e. The Morgan fingerprint density at radius 2 is 2.00 bits per heavy atom. The standard InChI is InChI=1S/C12H17N3O3/c1-2-18-12(17)15(9-8-13)11(16)14-10-6-4-3-5-7-10/h3-7H,2,8-9,13H2,1H3,(H,14,16). The second-order valence-electron chi connectivity index (χ2n) is 3.44. The summed E-state index contributed by atoms with van der Waals surface area (Å²) in [6, 6.07) is 8.30. The number of nitrogens with two attached hydrogens (primary N) is 1. The van der Waals surface area contributed by atoms with Crippen LogP contribution < -0.4 is 11.1 Å². The number of hydrogen-bond acceptors (Lipinski definition) is 4. The van der Waals surface area contributed by atoms with Crippen LogP contribution in [0.5, 0.6) is 0 Å². The van der Waals surface area contributed by atoms with Gasteiger partial charge in [-0.25, -0.2) is 14.5 Å². The number of nitrogens with zero attached hydrogens (tertiary/aromatic N) is 1. The van der Waals surface area contributed by atoms with E-state index in [1.54, 1.807) is 31.2 Å². The minimum atomic E-state index is -0.698. The zero-order chi connectivity index (χ0) is 13.4. The maximum atomic E-state index is 11.9. The number of amides is 3. The van der Waals surface area contributed by atoms with Gasteiger partial charge in [0.2, 0.25) is 0 Å². The van der Waals surface area contributed by atoms with Gasteiger partial charge in [0.15, 0.2) is 0 Å². The lowest BCUT2D eigenvalue weighted by Crippen LogP contribution is -2.43. The molecule has 6 nitrogen and oxygen atoms in total. The zero-order valence-electron chi connectivity index (χ0n) is 10.3. The van der Waals surface area contributed by atoms with E-state index in [0.29, 0.717) is 5.69 Å². The topological polar surface area (TPSA) is 84.7 Å². The lowest BCUT2D eigenvalue weighted by atomic mass is 10.3. The zero-order valence-corrected chi connectivity index (χ0v) is 10.3. The van der Waals surface area contributed by atoms with Crippen LogP contribution in [0.2, 0.25) is 0 Å². The van der Waals surface area contributed by atoms with Crippen molar-refractivity contribution in [2.75, 3.05) is 25.0 Å². The molecular formula is C12H17N3O3. The summed E-state index contributed by atoms with van der Waals surface area (Å²) < 4.78 is 4.79. The second kappa shape index (κ2) is 7.29. The third-order valence-corrected chi connectivity index (χ3v) is 2.11. The number of anilines is 1. The SMILES string of the molecule is CCOC(=O)N(CCN)C(=O)Nc1ccccc1. The fourth-order valence-electron chi connectivity index (χ4n) is 1.32. The number of rotatable bonds is 4. The first kappa shape index (κ1) is 14.0. The van der Waals surface area contributed by atoms with Crippen LogP contribution in [0.25, 0.3) is 0 Å². The second-order valence-corrected chi connectivity index (χ2v) is 3.44. The van der Waals surface area contributed by atoms with Gasteiger partial charge in [0.25, 0.3) is 0 Å². The van der Waals surface area contributed by atoms with Gasteiger partial charge >= 0.3 is 12.1 Å². The number of hydrogen-bond donors (Lipinski definition) is 2. The van der Waals surface area contributed by atoms with Crippen LogP contribution in [-0.4, -0.2) is 36.7 Å². The molecule has 0 heterocycles. The number of benzene rings is 1. The van der Waals surface area contributed by atoms with Gasteiger partial charge in [-0.2, -0.15) is 0 Å². The molecule has 0 spiro atoms. The quantitative estimate of drug-likeness (QED) is 0.851. The Morgan fingerprint density at radius 1 is 1.33 bits per heavy atom. The van der Waals surface area contributed by atoms with Crippen LogP contribution in [0.4, 0.5) is 15.3 Å². The van der Waals surface area contributed by atoms with Crippen LogP contribution in [-0.2, 0) is 4.74 Å². The summed E-state index contributed by atoms with van der Waals surface area (Å²) in [5.41, 5.74) is 5.97. The molecule has 0 atom stereocenters. The summed E-state index contributed by atoms with van der Waals surface area (Å²) in [4.78, 5) is 24.4. The molecule has 1 aromatic carbocycles. The van der Waals surface area contributed by atoms with Gasteiger partial charge < -0.3 is 15.8 Å². The normalized spacial score (nSPS) is 9.67. The summed E-state index contributed by atoms with van der Waals surface area (Å²) in [6.45, 7) is 2.17. The number of imide groups is 1. The van der Waals surface area contributed by atoms with Crippen LogP contribution >= 0.6 is 0 Å². The van der Waals surface area contributed by atoms with Crippen molar-refractivity contribution in [1.29, 1.82) is 0 Å². The van der Waals surface area contributed by atoms with Gasteiger partial charge in [0.05, 0.1) is 6.61 Å². The number of urea groups is 1. The maximum Gasteiger partial charge on any atom is 0.418 e. The maximum absolute atomic E-state index is 11.9. The molecule has 0 aromatic heterocycles. The van der Waals surface area contributed by atoms with E-state index >= 15 is 0 Å². The molecule has 0 radical (unpaired) electrons. The highest BCUT2D eigenvalue weighted by atomic mass is 16.6. The number of nitrogens with one attached hydrogen (secondary N) is 1. The highest BCUT2D eigenvalue weighted by Crippen LogP contribution is 2.07. The Morgan fingerprint density at radius 3 is 2.56 bits per heavy atom. The van der Waals surface area contributed by atoms with Crippen LogP contribution in [0, 0.1) is 0 Å². The molecule has 3 N–H and O–H groups in total. The van der Waals surface area contributed by atoms with E-state index in [2.05, 4.69) is 5.32 Å². The summed E-state index contributed by atoms with van der Waals surface area (Å²) in [7, 11) is 0. The molecule has 0 saturated heterocycles. The van der Waals surface area contributed by atoms with Gasteiger partial charge in [-0.15, -0.1) is 0 Å². The van der Waals surface area contributed by atoms with E-state index in [4.69, 9.17) is 10.5 Å². The van der Waals surface area contributed by atoms with Gasteiger partial charge in [-0.05, 0) is 19.1 Å². The summed E-state index contributed by atoms with van der Waals surface area (Å²) in [5, 5.41) is 2.60. The first-order valence-corrected chi connectivity index (χ1v) is 5.69. The highest BCUT2D eigenvalue weighted by molar-refractivity contribution is 5.99. The lowest BCUT2D eigenvalue weighted by Gasteiger charge is -2.19. The van der Waals surface area contributed by atoms with Crippen LogP contribution in [0.1, 0.15) is 6.92 Å². The van der Waals surface area contributed by atoms with E-state index < -0.39 is 12.1 Å². The van der Waals surface area contributed by atoms with Crippen molar-refractivity contribution >= 4 is 17.8 Å². The van der Waals surface area contributed by atoms with Gasteiger partial charge in [-0.3, -0.25) is 0 Å². The van der Waals surface area contributed by atoms with Crippen molar-refractivity contribution in [1.82, 2.24) is 4.90 Å². The molecule has 0 aliphatic carbocycles. The van der Waals surface area contributed by atoms with Crippen molar-refractivity contribution < 1.29 is 14.3 Å². The molecule has 18 heavy (non-hydrogen) atoms. The van der Waals surface area contributed by atoms with E-state index in [1.807, 2.05) is 6.07 Å². The smallest absolute Gasteiger partial charge is 0.418 e. The number of ether oxygens (including phenoxy) is 1. The minimum Gasteiger partial charge on any atom is -0.449 e. The van der Waals surface area contributed by atoms with Crippen molar-refractivity contribution in [3.8, 4) is 0 Å². The Kier molecular flexibility index (Phi) is 5.66. The van der Waals surface area contributed by atoms with Crippen LogP contribution in [0.15, 0.2) is 30.3 Å². The molecule has 0 saturated carbocycles. The molecule has 6 heteroatoms. The molecule has 0 aliphatic rings. The minimum absolute atomic E-state index is 0.109. The number of para-hydroxylation sites is 1. The predicted molar refractivity (Wildman–Crippen MR) is 68.2 cm³/mol. The molecule has 3 amide bonds. The molecule has 1 aromatic rings. The van der Waals surface area contributed by atoms with E-state index in [1.165, 1.54) is 0 Å². The fourth-order valence-corrected chi connectivity index (χ4v) is 1.32. The first-order valence-electron chi connectivity index (χ1n) is 5.69. The number of carbonyl (C=O) groups is 2. The Hall–Kier alpha value is -2.08. The summed E-state index contributed by atoms with van der Waals surface area (Å²) in [6.07, 6.45) is -0.698. The van der Waals surface area contributed by atoms with E-state index in [0.717, 1.165) is 4.90 Å². The van der Waals surface area contributed by atoms with Gasteiger partial charge in [0.1, 0.15) is 0 Å². The third-order valence-electron chi connectivity index (χ3n) is 2.11. The average molecular weight is 251 g/mol. The van der Waals surface area contributed by atoms with Crippen molar-refractivity contribution in [3.63, 3.8) is 0 Å². The molecule has 0 aliphatic heterocycles. The van der Waals surface area contributed by atoms with Gasteiger partial charge in [-0.1, -0.05) is 18.2 Å². The molecule has 98 valence electrons. The molecule has 0 fully saturated rings.